The van der Waals surface area contributed by atoms with Gasteiger partial charge in [-0.15, -0.1) is 0 Å². The summed E-state index contributed by atoms with van der Waals surface area (Å²) in [5, 5.41) is 14.3. The number of hydrogen-bond acceptors (Lipinski definition) is 5. The van der Waals surface area contributed by atoms with Crippen LogP contribution in [0.5, 0.6) is 0 Å². The molecule has 1 fully saturated rings. The summed E-state index contributed by atoms with van der Waals surface area (Å²) >= 11 is 0. The second-order valence-corrected chi connectivity index (χ2v) is 7.91. The van der Waals surface area contributed by atoms with Crippen molar-refractivity contribution in [2.24, 2.45) is 0 Å². The van der Waals surface area contributed by atoms with Crippen molar-refractivity contribution in [3.63, 3.8) is 0 Å². The van der Waals surface area contributed by atoms with E-state index in [1.807, 2.05) is 0 Å². The van der Waals surface area contributed by atoms with E-state index in [1.165, 1.54) is 47.6 Å². The SMILES string of the molecule is Cc1c([N+](=O)[O-])cccc1S(=O)(=O)N1CCNCC1c1cccc(F)c1. The zero-order valence-electron chi connectivity index (χ0n) is 14.1. The first-order chi connectivity index (χ1) is 12.3. The van der Waals surface area contributed by atoms with Gasteiger partial charge < -0.3 is 5.32 Å². The summed E-state index contributed by atoms with van der Waals surface area (Å²) in [4.78, 5) is 10.4. The van der Waals surface area contributed by atoms with E-state index in [9.17, 15) is 22.9 Å². The van der Waals surface area contributed by atoms with Crippen molar-refractivity contribution in [2.75, 3.05) is 19.6 Å². The number of nitrogens with zero attached hydrogens (tertiary/aromatic N) is 2. The van der Waals surface area contributed by atoms with Gasteiger partial charge in [0.2, 0.25) is 10.0 Å². The molecular weight excluding hydrogens is 361 g/mol. The summed E-state index contributed by atoms with van der Waals surface area (Å²) in [5.74, 6) is -0.447. The van der Waals surface area contributed by atoms with Gasteiger partial charge in [0.25, 0.3) is 5.69 Å². The maximum Gasteiger partial charge on any atom is 0.273 e. The Morgan fingerprint density at radius 2 is 2.00 bits per heavy atom. The first-order valence-corrected chi connectivity index (χ1v) is 9.48. The highest BCUT2D eigenvalue weighted by Gasteiger charge is 2.36. The summed E-state index contributed by atoms with van der Waals surface area (Å²) in [6, 6.07) is 9.20. The number of sulfonamides is 1. The molecule has 1 heterocycles. The van der Waals surface area contributed by atoms with Crippen LogP contribution in [0.15, 0.2) is 47.4 Å². The van der Waals surface area contributed by atoms with Crippen LogP contribution in [0.1, 0.15) is 17.2 Å². The Kier molecular flexibility index (Phi) is 5.03. The van der Waals surface area contributed by atoms with E-state index >= 15 is 0 Å². The van der Waals surface area contributed by atoms with Crippen LogP contribution in [0.4, 0.5) is 10.1 Å². The van der Waals surface area contributed by atoms with Crippen LogP contribution in [-0.4, -0.2) is 37.3 Å². The molecule has 3 rings (SSSR count). The van der Waals surface area contributed by atoms with E-state index in [2.05, 4.69) is 5.32 Å². The van der Waals surface area contributed by atoms with Crippen molar-refractivity contribution in [2.45, 2.75) is 17.9 Å². The highest BCUT2D eigenvalue weighted by atomic mass is 32.2. The zero-order valence-corrected chi connectivity index (χ0v) is 14.9. The van der Waals surface area contributed by atoms with Crippen molar-refractivity contribution in [1.29, 1.82) is 0 Å². The summed E-state index contributed by atoms with van der Waals surface area (Å²) in [6.07, 6.45) is 0. The van der Waals surface area contributed by atoms with Gasteiger partial charge in [-0.05, 0) is 30.7 Å². The first-order valence-electron chi connectivity index (χ1n) is 8.04. The minimum absolute atomic E-state index is 0.0917. The molecule has 138 valence electrons. The van der Waals surface area contributed by atoms with Gasteiger partial charge in [-0.3, -0.25) is 10.1 Å². The molecule has 7 nitrogen and oxygen atoms in total. The van der Waals surface area contributed by atoms with Crippen LogP contribution in [0.3, 0.4) is 0 Å². The Morgan fingerprint density at radius 3 is 2.69 bits per heavy atom. The lowest BCUT2D eigenvalue weighted by Gasteiger charge is -2.35. The molecule has 1 saturated heterocycles. The van der Waals surface area contributed by atoms with Crippen molar-refractivity contribution in [3.8, 4) is 0 Å². The van der Waals surface area contributed by atoms with Crippen molar-refractivity contribution in [3.05, 3.63) is 69.5 Å². The smallest absolute Gasteiger partial charge is 0.273 e. The molecule has 0 saturated carbocycles. The third-order valence-electron chi connectivity index (χ3n) is 4.47. The zero-order chi connectivity index (χ0) is 18.9. The van der Waals surface area contributed by atoms with Crippen LogP contribution in [-0.2, 0) is 10.0 Å². The molecule has 1 atom stereocenters. The van der Waals surface area contributed by atoms with Crippen LogP contribution in [0.2, 0.25) is 0 Å². The molecule has 2 aromatic rings. The number of nitro benzene ring substituents is 1. The quantitative estimate of drug-likeness (QED) is 0.650. The lowest BCUT2D eigenvalue weighted by atomic mass is 10.1. The maximum atomic E-state index is 13.6. The van der Waals surface area contributed by atoms with Gasteiger partial charge in [0.05, 0.1) is 15.9 Å². The Bertz CT molecular complexity index is 949. The number of hydrogen-bond donors (Lipinski definition) is 1. The van der Waals surface area contributed by atoms with E-state index in [4.69, 9.17) is 0 Å². The number of piperazine rings is 1. The van der Waals surface area contributed by atoms with Crippen LogP contribution >= 0.6 is 0 Å². The molecule has 0 bridgehead atoms. The highest BCUT2D eigenvalue weighted by molar-refractivity contribution is 7.89. The summed E-state index contributed by atoms with van der Waals surface area (Å²) < 4.78 is 41.4. The number of benzene rings is 2. The molecule has 0 aliphatic carbocycles. The molecule has 0 radical (unpaired) electrons. The molecule has 0 spiro atoms. The normalized spacial score (nSPS) is 18.6. The molecule has 1 aliphatic heterocycles. The summed E-state index contributed by atoms with van der Waals surface area (Å²) in [7, 11) is -3.99. The highest BCUT2D eigenvalue weighted by Crippen LogP contribution is 2.33. The Balaban J connectivity index is 2.07. The maximum absolute atomic E-state index is 13.6. The molecule has 26 heavy (non-hydrogen) atoms. The fourth-order valence-electron chi connectivity index (χ4n) is 3.18. The van der Waals surface area contributed by atoms with E-state index in [-0.39, 0.29) is 22.7 Å². The second-order valence-electron chi connectivity index (χ2n) is 6.05. The second kappa shape index (κ2) is 7.10. The Morgan fingerprint density at radius 1 is 1.27 bits per heavy atom. The molecule has 9 heteroatoms. The van der Waals surface area contributed by atoms with Crippen molar-refractivity contribution < 1.29 is 17.7 Å². The van der Waals surface area contributed by atoms with Crippen LogP contribution in [0, 0.1) is 22.9 Å². The fourth-order valence-corrected chi connectivity index (χ4v) is 5.04. The summed E-state index contributed by atoms with van der Waals surface area (Å²) in [6.45, 7) is 2.38. The van der Waals surface area contributed by atoms with Gasteiger partial charge in [-0.2, -0.15) is 4.31 Å². The van der Waals surface area contributed by atoms with Crippen LogP contribution in [0.25, 0.3) is 0 Å². The third kappa shape index (κ3) is 3.33. The van der Waals surface area contributed by atoms with Gasteiger partial charge >= 0.3 is 0 Å². The molecule has 1 unspecified atom stereocenters. The van der Waals surface area contributed by atoms with Gasteiger partial charge in [-0.25, -0.2) is 12.8 Å². The molecular formula is C17H18FN3O4S. The third-order valence-corrected chi connectivity index (χ3v) is 6.52. The van der Waals surface area contributed by atoms with Crippen molar-refractivity contribution >= 4 is 15.7 Å². The molecule has 1 N–H and O–H groups in total. The number of halogens is 1. The standard InChI is InChI=1S/C17H18FN3O4S/c1-12-15(21(22)23)6-3-7-17(12)26(24,25)20-9-8-19-11-16(20)13-4-2-5-14(18)10-13/h2-7,10,16,19H,8-9,11H2,1H3. The van der Waals surface area contributed by atoms with Crippen LogP contribution < -0.4 is 5.32 Å². The van der Waals surface area contributed by atoms with E-state index in [0.717, 1.165) is 0 Å². The van der Waals surface area contributed by atoms with Gasteiger partial charge in [0, 0.05) is 31.3 Å². The average Bonchev–Trinajstić information content (AvgIpc) is 2.61. The molecule has 2 aromatic carbocycles. The largest absolute Gasteiger partial charge is 0.313 e. The fraction of sp³-hybridized carbons (Fsp3) is 0.294. The number of nitrogens with one attached hydrogen (secondary N) is 1. The minimum atomic E-state index is -3.99. The topological polar surface area (TPSA) is 92.5 Å². The number of nitro groups is 1. The van der Waals surface area contributed by atoms with Gasteiger partial charge in [0.1, 0.15) is 5.82 Å². The lowest BCUT2D eigenvalue weighted by Crippen LogP contribution is -2.48. The Hall–Kier alpha value is -2.36. The summed E-state index contributed by atoms with van der Waals surface area (Å²) in [5.41, 5.74) is 0.376. The van der Waals surface area contributed by atoms with Gasteiger partial charge in [-0.1, -0.05) is 18.2 Å². The lowest BCUT2D eigenvalue weighted by molar-refractivity contribution is -0.385. The molecule has 0 aromatic heterocycles. The molecule has 0 amide bonds. The average molecular weight is 379 g/mol. The van der Waals surface area contributed by atoms with E-state index < -0.39 is 26.8 Å². The van der Waals surface area contributed by atoms with Gasteiger partial charge in [0.15, 0.2) is 0 Å². The van der Waals surface area contributed by atoms with Crippen molar-refractivity contribution in [1.82, 2.24) is 9.62 Å². The predicted octanol–water partition coefficient (Wildman–Crippen LogP) is 2.38. The first kappa shape index (κ1) is 18.4. The minimum Gasteiger partial charge on any atom is -0.313 e. The Labute approximate surface area is 150 Å². The number of rotatable bonds is 4. The molecule has 1 aliphatic rings. The monoisotopic (exact) mass is 379 g/mol. The van der Waals surface area contributed by atoms with E-state index in [0.29, 0.717) is 18.7 Å². The van der Waals surface area contributed by atoms with E-state index in [1.54, 1.807) is 6.07 Å². The predicted molar refractivity (Wildman–Crippen MR) is 93.7 cm³/mol.